The van der Waals surface area contributed by atoms with Crippen molar-refractivity contribution >= 4 is 5.91 Å². The molecule has 0 unspecified atom stereocenters. The predicted octanol–water partition coefficient (Wildman–Crippen LogP) is 8.19. The van der Waals surface area contributed by atoms with Crippen molar-refractivity contribution < 1.29 is 9.28 Å². The lowest BCUT2D eigenvalue weighted by Crippen LogP contribution is -2.51. The van der Waals surface area contributed by atoms with Gasteiger partial charge in [-0.25, -0.2) is 0 Å². The molecule has 0 aromatic heterocycles. The number of amides is 1. The number of carbonyl (C=O) groups is 1. The van der Waals surface area contributed by atoms with Crippen LogP contribution in [-0.2, 0) is 4.79 Å². The molecule has 0 radical (unpaired) electrons. The van der Waals surface area contributed by atoms with Gasteiger partial charge >= 0.3 is 0 Å². The summed E-state index contributed by atoms with van der Waals surface area (Å²) in [5.41, 5.74) is 1.30. The van der Waals surface area contributed by atoms with Gasteiger partial charge in [-0.15, -0.1) is 0 Å². The Labute approximate surface area is 202 Å². The topological polar surface area (TPSA) is 29.1 Å². The molecule has 0 saturated heterocycles. The van der Waals surface area contributed by atoms with Gasteiger partial charge in [0, 0.05) is 19.4 Å². The Balaban J connectivity index is 4.18. The van der Waals surface area contributed by atoms with Crippen LogP contribution in [0.1, 0.15) is 137 Å². The van der Waals surface area contributed by atoms with Crippen molar-refractivity contribution in [3.63, 3.8) is 0 Å². The molecule has 0 aliphatic rings. The van der Waals surface area contributed by atoms with Crippen molar-refractivity contribution in [1.29, 1.82) is 0 Å². The van der Waals surface area contributed by atoms with Crippen LogP contribution in [0.25, 0.3) is 0 Å². The van der Waals surface area contributed by atoms with E-state index in [0.717, 1.165) is 25.9 Å². The van der Waals surface area contributed by atoms with E-state index in [2.05, 4.69) is 39.6 Å². The predicted molar refractivity (Wildman–Crippen MR) is 143 cm³/mol. The van der Waals surface area contributed by atoms with Crippen LogP contribution in [0.3, 0.4) is 0 Å². The first kappa shape index (κ1) is 31.2. The Kier molecular flexibility index (Phi) is 21.4. The number of unbranched alkanes of at least 4 members (excludes halogenated alkanes) is 12. The number of nitrogens with zero attached hydrogens (tertiary/aromatic N) is 1. The van der Waals surface area contributed by atoms with Crippen LogP contribution in [0.2, 0.25) is 0 Å². The fourth-order valence-electron chi connectivity index (χ4n) is 4.87. The van der Waals surface area contributed by atoms with Gasteiger partial charge in [0.1, 0.15) is 0 Å². The molecule has 0 aliphatic carbocycles. The van der Waals surface area contributed by atoms with Crippen LogP contribution >= 0.6 is 0 Å². The fraction of sp³-hybridized carbons (Fsp3) is 0.897. The number of hydrogen-bond donors (Lipinski definition) is 1. The maximum Gasteiger partial charge on any atom is 0.219 e. The molecular formula is C29H59N2O+. The third-order valence-corrected chi connectivity index (χ3v) is 6.72. The van der Waals surface area contributed by atoms with Gasteiger partial charge in [0.2, 0.25) is 5.91 Å². The van der Waals surface area contributed by atoms with Crippen molar-refractivity contribution in [2.45, 2.75) is 137 Å². The summed E-state index contributed by atoms with van der Waals surface area (Å²) in [6.45, 7) is 18.9. The third kappa shape index (κ3) is 18.7. The summed E-state index contributed by atoms with van der Waals surface area (Å²) in [5, 5.41) is 3.20. The molecule has 0 rings (SSSR count). The average Bonchev–Trinajstić information content (AvgIpc) is 2.75. The molecule has 0 saturated carbocycles. The largest absolute Gasteiger partial charge is 0.356 e. The SMILES string of the molecule is C=C(C)C[N+](CCCCC)(CCCCC)CCCNC(=O)CCCCCCCCCCC. The van der Waals surface area contributed by atoms with Crippen LogP contribution in [0.15, 0.2) is 12.2 Å². The zero-order chi connectivity index (χ0) is 23.9. The number of hydrogen-bond acceptors (Lipinski definition) is 1. The first-order valence-electron chi connectivity index (χ1n) is 14.3. The Morgan fingerprint density at radius 3 is 1.59 bits per heavy atom. The van der Waals surface area contributed by atoms with Crippen molar-refractivity contribution in [1.82, 2.24) is 5.32 Å². The summed E-state index contributed by atoms with van der Waals surface area (Å²) in [7, 11) is 0. The van der Waals surface area contributed by atoms with E-state index in [0.29, 0.717) is 6.42 Å². The molecule has 3 heteroatoms. The van der Waals surface area contributed by atoms with Crippen LogP contribution in [0.5, 0.6) is 0 Å². The maximum absolute atomic E-state index is 12.2. The molecule has 0 aliphatic heterocycles. The quantitative estimate of drug-likeness (QED) is 0.0894. The molecule has 1 amide bonds. The summed E-state index contributed by atoms with van der Waals surface area (Å²) in [6, 6.07) is 0. The Hall–Kier alpha value is -0.830. The first-order valence-corrected chi connectivity index (χ1v) is 14.3. The Morgan fingerprint density at radius 1 is 0.656 bits per heavy atom. The maximum atomic E-state index is 12.2. The molecule has 0 heterocycles. The number of quaternary nitrogens is 1. The number of carbonyl (C=O) groups excluding carboxylic acids is 1. The van der Waals surface area contributed by atoms with E-state index in [1.54, 1.807) is 0 Å². The molecule has 1 N–H and O–H groups in total. The lowest BCUT2D eigenvalue weighted by molar-refractivity contribution is -0.924. The zero-order valence-electron chi connectivity index (χ0n) is 22.6. The third-order valence-electron chi connectivity index (χ3n) is 6.72. The second-order valence-corrected chi connectivity index (χ2v) is 10.3. The normalized spacial score (nSPS) is 11.6. The standard InChI is InChI=1S/C29H58N2O/c1-6-9-12-13-14-15-16-17-18-22-29(32)30-23-21-26-31(27-28(4)5,24-19-10-7-2)25-20-11-8-3/h4,6-27H2,1-3,5H3/p+1. The van der Waals surface area contributed by atoms with Gasteiger partial charge in [-0.2, -0.15) is 0 Å². The Bertz CT molecular complexity index is 436. The molecule has 32 heavy (non-hydrogen) atoms. The van der Waals surface area contributed by atoms with Crippen molar-refractivity contribution in [3.8, 4) is 0 Å². The molecule has 0 spiro atoms. The van der Waals surface area contributed by atoms with Gasteiger partial charge in [0.05, 0.1) is 26.2 Å². The van der Waals surface area contributed by atoms with Crippen LogP contribution in [-0.4, -0.2) is 43.1 Å². The molecule has 190 valence electrons. The minimum absolute atomic E-state index is 0.253. The van der Waals surface area contributed by atoms with Crippen molar-refractivity contribution in [2.75, 3.05) is 32.7 Å². The zero-order valence-corrected chi connectivity index (χ0v) is 22.6. The van der Waals surface area contributed by atoms with Crippen molar-refractivity contribution in [2.24, 2.45) is 0 Å². The summed E-state index contributed by atoms with van der Waals surface area (Å²) in [4.78, 5) is 12.2. The lowest BCUT2D eigenvalue weighted by Gasteiger charge is -2.39. The highest BCUT2D eigenvalue weighted by atomic mass is 16.1. The summed E-state index contributed by atoms with van der Waals surface area (Å²) in [6.07, 6.45) is 21.3. The van der Waals surface area contributed by atoms with Gasteiger partial charge in [0.25, 0.3) is 0 Å². The van der Waals surface area contributed by atoms with Gasteiger partial charge in [-0.3, -0.25) is 4.79 Å². The second-order valence-electron chi connectivity index (χ2n) is 10.3. The minimum Gasteiger partial charge on any atom is -0.356 e. The summed E-state index contributed by atoms with van der Waals surface area (Å²) in [5.74, 6) is 0.253. The summed E-state index contributed by atoms with van der Waals surface area (Å²) < 4.78 is 1.17. The molecule has 3 nitrogen and oxygen atoms in total. The molecular weight excluding hydrogens is 392 g/mol. The van der Waals surface area contributed by atoms with E-state index in [4.69, 9.17) is 0 Å². The monoisotopic (exact) mass is 451 g/mol. The van der Waals surface area contributed by atoms with Gasteiger partial charge < -0.3 is 9.80 Å². The second kappa shape index (κ2) is 22.0. The Morgan fingerprint density at radius 2 is 1.09 bits per heavy atom. The highest BCUT2D eigenvalue weighted by Crippen LogP contribution is 2.17. The molecule has 0 atom stereocenters. The van der Waals surface area contributed by atoms with E-state index in [1.165, 1.54) is 120 Å². The average molecular weight is 452 g/mol. The fourth-order valence-corrected chi connectivity index (χ4v) is 4.87. The van der Waals surface area contributed by atoms with Crippen LogP contribution in [0.4, 0.5) is 0 Å². The number of rotatable bonds is 24. The first-order chi connectivity index (χ1) is 15.5. The van der Waals surface area contributed by atoms with Gasteiger partial charge in [0.15, 0.2) is 0 Å². The molecule has 0 bridgehead atoms. The molecule has 0 fully saturated rings. The highest BCUT2D eigenvalue weighted by molar-refractivity contribution is 5.75. The smallest absolute Gasteiger partial charge is 0.219 e. The van der Waals surface area contributed by atoms with Gasteiger partial charge in [-0.1, -0.05) is 91.6 Å². The van der Waals surface area contributed by atoms with E-state index in [9.17, 15) is 4.79 Å². The summed E-state index contributed by atoms with van der Waals surface area (Å²) >= 11 is 0. The minimum atomic E-state index is 0.253. The van der Waals surface area contributed by atoms with E-state index < -0.39 is 0 Å². The molecule has 0 aromatic rings. The van der Waals surface area contributed by atoms with E-state index >= 15 is 0 Å². The van der Waals surface area contributed by atoms with Crippen LogP contribution < -0.4 is 5.32 Å². The lowest BCUT2D eigenvalue weighted by atomic mass is 10.1. The molecule has 0 aromatic carbocycles. The van der Waals surface area contributed by atoms with Crippen molar-refractivity contribution in [3.05, 3.63) is 12.2 Å². The van der Waals surface area contributed by atoms with E-state index in [1.807, 2.05) is 0 Å². The number of nitrogens with one attached hydrogen (secondary N) is 1. The highest BCUT2D eigenvalue weighted by Gasteiger charge is 2.26. The van der Waals surface area contributed by atoms with E-state index in [-0.39, 0.29) is 5.91 Å². The van der Waals surface area contributed by atoms with Gasteiger partial charge in [-0.05, 0) is 44.6 Å². The van der Waals surface area contributed by atoms with Crippen LogP contribution in [0, 0.1) is 0 Å².